The first-order chi connectivity index (χ1) is 14.0. The molecular weight excluding hydrogens is 394 g/mol. The van der Waals surface area contributed by atoms with Crippen molar-refractivity contribution in [3.63, 3.8) is 0 Å². The first-order valence-corrected chi connectivity index (χ1v) is 11.6. The highest BCUT2D eigenvalue weighted by molar-refractivity contribution is 7.90. The van der Waals surface area contributed by atoms with Crippen LogP contribution in [0.1, 0.15) is 44.1 Å². The molecule has 9 heteroatoms. The summed E-state index contributed by atoms with van der Waals surface area (Å²) < 4.78 is 33.9. The summed E-state index contributed by atoms with van der Waals surface area (Å²) in [5.41, 5.74) is 0.507. The number of rotatable bonds is 3. The molecule has 0 aromatic heterocycles. The Morgan fingerprint density at radius 2 is 1.76 bits per heavy atom. The van der Waals surface area contributed by atoms with Gasteiger partial charge in [-0.1, -0.05) is 25.0 Å². The van der Waals surface area contributed by atoms with Crippen LogP contribution in [-0.4, -0.2) is 68.2 Å². The van der Waals surface area contributed by atoms with Crippen molar-refractivity contribution in [1.82, 2.24) is 9.80 Å². The Bertz CT molecular complexity index is 935. The van der Waals surface area contributed by atoms with E-state index in [4.69, 9.17) is 4.74 Å². The number of fused-ring (bicyclic) bond motifs is 1. The third-order valence-corrected chi connectivity index (χ3v) is 7.03. The van der Waals surface area contributed by atoms with E-state index in [1.54, 1.807) is 28.0 Å². The molecule has 1 aromatic carbocycles. The van der Waals surface area contributed by atoms with E-state index in [2.05, 4.69) is 4.40 Å². The minimum Gasteiger partial charge on any atom is -0.454 e. The number of likely N-dealkylation sites (tertiary alicyclic amines) is 2. The van der Waals surface area contributed by atoms with Crippen molar-refractivity contribution in [1.29, 1.82) is 0 Å². The van der Waals surface area contributed by atoms with Gasteiger partial charge in [-0.3, -0.25) is 4.79 Å². The van der Waals surface area contributed by atoms with Gasteiger partial charge < -0.3 is 14.5 Å². The number of nitrogens with zero attached hydrogens (tertiary/aromatic N) is 3. The van der Waals surface area contributed by atoms with E-state index in [0.29, 0.717) is 37.5 Å². The first kappa shape index (κ1) is 19.9. The van der Waals surface area contributed by atoms with E-state index >= 15 is 0 Å². The smallest absolute Gasteiger partial charge is 0.329 e. The van der Waals surface area contributed by atoms with Crippen molar-refractivity contribution in [3.05, 3.63) is 29.8 Å². The Morgan fingerprint density at radius 1 is 1.03 bits per heavy atom. The highest BCUT2D eigenvalue weighted by Crippen LogP contribution is 2.31. The number of amidine groups is 1. The van der Waals surface area contributed by atoms with Gasteiger partial charge in [0.15, 0.2) is 12.4 Å². The van der Waals surface area contributed by atoms with Crippen LogP contribution in [0.3, 0.4) is 0 Å². The average molecular weight is 420 g/mol. The number of amides is 1. The van der Waals surface area contributed by atoms with Crippen molar-refractivity contribution in [3.8, 4) is 0 Å². The number of sulfonamides is 1. The molecule has 29 heavy (non-hydrogen) atoms. The summed E-state index contributed by atoms with van der Waals surface area (Å²) >= 11 is 0. The molecule has 0 unspecified atom stereocenters. The molecule has 3 aliphatic heterocycles. The first-order valence-electron chi connectivity index (χ1n) is 10.1. The second-order valence-electron chi connectivity index (χ2n) is 7.64. The number of hydrogen-bond acceptors (Lipinski definition) is 6. The maximum Gasteiger partial charge on any atom is 0.329 e. The molecule has 156 valence electrons. The molecule has 0 bridgehead atoms. The molecule has 0 radical (unpaired) electrons. The molecule has 0 N–H and O–H groups in total. The third-order valence-electron chi connectivity index (χ3n) is 5.71. The Hall–Kier alpha value is -2.42. The molecule has 2 saturated heterocycles. The van der Waals surface area contributed by atoms with Gasteiger partial charge in [0.25, 0.3) is 15.9 Å². The standard InChI is InChI=1S/C20H25N3O5S/c24-18(22-11-5-1-2-6-12-22)14-28-20(25)16-9-7-13-23(16)19-15-8-3-4-10-17(15)29(26,27)21-19/h3-4,8,10,16H,1-2,5-7,9,11-14H2/t16-/m0/s1. The Balaban J connectivity index is 1.44. The molecule has 0 aliphatic carbocycles. The second-order valence-corrected chi connectivity index (χ2v) is 9.21. The fraction of sp³-hybridized carbons (Fsp3) is 0.550. The minimum absolute atomic E-state index is 0.158. The van der Waals surface area contributed by atoms with Gasteiger partial charge in [0, 0.05) is 25.2 Å². The summed E-state index contributed by atoms with van der Waals surface area (Å²) in [5, 5.41) is 0. The molecule has 0 spiro atoms. The number of esters is 1. The number of hydrogen-bond donors (Lipinski definition) is 0. The van der Waals surface area contributed by atoms with E-state index in [9.17, 15) is 18.0 Å². The Labute approximate surface area is 170 Å². The van der Waals surface area contributed by atoms with E-state index in [-0.39, 0.29) is 17.4 Å². The van der Waals surface area contributed by atoms with Gasteiger partial charge in [0.2, 0.25) is 0 Å². The molecule has 2 fully saturated rings. The quantitative estimate of drug-likeness (QED) is 0.690. The summed E-state index contributed by atoms with van der Waals surface area (Å²) in [5.74, 6) is -0.384. The highest BCUT2D eigenvalue weighted by atomic mass is 32.2. The Morgan fingerprint density at radius 3 is 2.52 bits per heavy atom. The number of carbonyl (C=O) groups is 2. The summed E-state index contributed by atoms with van der Waals surface area (Å²) in [6.07, 6.45) is 5.45. The van der Waals surface area contributed by atoms with Crippen molar-refractivity contribution >= 4 is 27.7 Å². The van der Waals surface area contributed by atoms with Gasteiger partial charge in [-0.05, 0) is 37.8 Å². The molecule has 1 aromatic rings. The van der Waals surface area contributed by atoms with Crippen LogP contribution in [0.15, 0.2) is 33.6 Å². The average Bonchev–Trinajstić information content (AvgIpc) is 3.18. The second kappa shape index (κ2) is 8.14. The number of ether oxygens (including phenoxy) is 1. The van der Waals surface area contributed by atoms with Crippen LogP contribution >= 0.6 is 0 Å². The van der Waals surface area contributed by atoms with Crippen molar-refractivity contribution in [2.45, 2.75) is 49.5 Å². The summed E-state index contributed by atoms with van der Waals surface area (Å²) in [4.78, 5) is 28.7. The molecule has 4 rings (SSSR count). The lowest BCUT2D eigenvalue weighted by Crippen LogP contribution is -2.43. The number of carbonyl (C=O) groups excluding carboxylic acids is 2. The van der Waals surface area contributed by atoms with Crippen LogP contribution in [0.5, 0.6) is 0 Å². The third kappa shape index (κ3) is 4.01. The predicted octanol–water partition coefficient (Wildman–Crippen LogP) is 1.55. The van der Waals surface area contributed by atoms with Crippen LogP contribution in [0.4, 0.5) is 0 Å². The molecule has 8 nitrogen and oxygen atoms in total. The normalized spacial score (nSPS) is 23.3. The summed E-state index contributed by atoms with van der Waals surface area (Å²) in [7, 11) is -3.75. The maximum absolute atomic E-state index is 12.7. The molecular formula is C20H25N3O5S. The van der Waals surface area contributed by atoms with Crippen molar-refractivity contribution in [2.75, 3.05) is 26.2 Å². The van der Waals surface area contributed by atoms with Crippen LogP contribution in [0, 0.1) is 0 Å². The van der Waals surface area contributed by atoms with E-state index in [1.165, 1.54) is 6.07 Å². The SMILES string of the molecule is O=C(OCC(=O)N1CCCCCC1)[C@@H]1CCCN1C1=NS(=O)(=O)c2ccccc21. The zero-order valence-electron chi connectivity index (χ0n) is 16.2. The van der Waals surface area contributed by atoms with Gasteiger partial charge in [-0.15, -0.1) is 4.40 Å². The fourth-order valence-corrected chi connectivity index (χ4v) is 5.42. The van der Waals surface area contributed by atoms with Gasteiger partial charge in [-0.2, -0.15) is 8.42 Å². The fourth-order valence-electron chi connectivity index (χ4n) is 4.20. The monoisotopic (exact) mass is 419 g/mol. The van der Waals surface area contributed by atoms with Gasteiger partial charge in [-0.25, -0.2) is 4.79 Å². The highest BCUT2D eigenvalue weighted by Gasteiger charge is 2.40. The zero-order valence-corrected chi connectivity index (χ0v) is 17.1. The van der Waals surface area contributed by atoms with Crippen LogP contribution in [0.25, 0.3) is 0 Å². The maximum atomic E-state index is 12.7. The van der Waals surface area contributed by atoms with Crippen molar-refractivity contribution in [2.24, 2.45) is 4.40 Å². The van der Waals surface area contributed by atoms with Crippen LogP contribution in [0.2, 0.25) is 0 Å². The molecule has 3 heterocycles. The summed E-state index contributed by atoms with van der Waals surface area (Å²) in [6.45, 7) is 1.65. The van der Waals surface area contributed by atoms with E-state index in [1.807, 2.05) is 0 Å². The van der Waals surface area contributed by atoms with Crippen LogP contribution < -0.4 is 0 Å². The van der Waals surface area contributed by atoms with Gasteiger partial charge in [0.05, 0.1) is 0 Å². The Kier molecular flexibility index (Phi) is 5.58. The molecule has 3 aliphatic rings. The van der Waals surface area contributed by atoms with Gasteiger partial charge in [0.1, 0.15) is 10.9 Å². The van der Waals surface area contributed by atoms with Crippen molar-refractivity contribution < 1.29 is 22.7 Å². The molecule has 1 amide bonds. The van der Waals surface area contributed by atoms with E-state index in [0.717, 1.165) is 32.1 Å². The predicted molar refractivity (Wildman–Crippen MR) is 106 cm³/mol. The van der Waals surface area contributed by atoms with Gasteiger partial charge >= 0.3 is 5.97 Å². The lowest BCUT2D eigenvalue weighted by molar-refractivity contribution is -0.154. The summed E-state index contributed by atoms with van der Waals surface area (Å²) in [6, 6.07) is 5.98. The molecule has 0 saturated carbocycles. The minimum atomic E-state index is -3.75. The zero-order chi connectivity index (χ0) is 20.4. The lowest BCUT2D eigenvalue weighted by atomic mass is 10.1. The molecule has 1 atom stereocenters. The lowest BCUT2D eigenvalue weighted by Gasteiger charge is -2.25. The van der Waals surface area contributed by atoms with E-state index < -0.39 is 22.0 Å². The van der Waals surface area contributed by atoms with Crippen LogP contribution in [-0.2, 0) is 24.3 Å². The topological polar surface area (TPSA) is 96.3 Å². The number of benzene rings is 1. The largest absolute Gasteiger partial charge is 0.454 e.